The van der Waals surface area contributed by atoms with Crippen molar-refractivity contribution in [2.75, 3.05) is 13.7 Å². The fourth-order valence-electron chi connectivity index (χ4n) is 3.85. The van der Waals surface area contributed by atoms with Gasteiger partial charge in [0.2, 0.25) is 0 Å². The Hall–Kier alpha value is -2.37. The zero-order valence-electron chi connectivity index (χ0n) is 15.2. The van der Waals surface area contributed by atoms with Gasteiger partial charge < -0.3 is 15.0 Å². The van der Waals surface area contributed by atoms with Gasteiger partial charge in [-0.1, -0.05) is 19.3 Å². The zero-order valence-corrected chi connectivity index (χ0v) is 15.2. The van der Waals surface area contributed by atoms with Crippen LogP contribution in [0.3, 0.4) is 0 Å². The Morgan fingerprint density at radius 3 is 2.35 bits per heavy atom. The number of ether oxygens (including phenoxy) is 1. The number of hydrogen-bond acceptors (Lipinski definition) is 4. The Labute approximate surface area is 153 Å². The van der Waals surface area contributed by atoms with E-state index in [1.165, 1.54) is 11.3 Å². The van der Waals surface area contributed by atoms with Crippen molar-refractivity contribution in [2.45, 2.75) is 57.0 Å². The number of carbonyl (C=O) groups is 3. The Morgan fingerprint density at radius 2 is 1.69 bits per heavy atom. The number of Topliss-reactive ketones (excluding diaryl/α,β-unsaturated/α-hetero) is 1. The maximum Gasteiger partial charge on any atom is 0.312 e. The third-order valence-corrected chi connectivity index (χ3v) is 5.33. The fourth-order valence-corrected chi connectivity index (χ4v) is 3.85. The Bertz CT molecular complexity index is 665. The number of carbonyl (C=O) groups excluding carboxylic acids is 3. The molecule has 0 aromatic heterocycles. The maximum atomic E-state index is 12.8. The predicted octanol–water partition coefficient (Wildman–Crippen LogP) is 2.32. The quantitative estimate of drug-likeness (QED) is 0.662. The monoisotopic (exact) mass is 358 g/mol. The highest BCUT2D eigenvalue weighted by molar-refractivity contribution is 6.35. The number of hydrogen-bond donors (Lipinski definition) is 1. The average molecular weight is 358 g/mol. The maximum absolute atomic E-state index is 12.8. The van der Waals surface area contributed by atoms with Gasteiger partial charge in [0, 0.05) is 18.2 Å². The van der Waals surface area contributed by atoms with Gasteiger partial charge in [0.05, 0.1) is 13.2 Å². The van der Waals surface area contributed by atoms with Crippen molar-refractivity contribution in [1.29, 1.82) is 0 Å². The zero-order chi connectivity index (χ0) is 18.5. The molecular formula is C20H26N2O4. The highest BCUT2D eigenvalue weighted by Crippen LogP contribution is 2.23. The number of nitrogens with one attached hydrogen (secondary N) is 1. The number of likely N-dealkylation sites (tertiary alicyclic amines) is 1. The molecule has 1 aliphatic heterocycles. The van der Waals surface area contributed by atoms with Crippen molar-refractivity contribution < 1.29 is 19.1 Å². The summed E-state index contributed by atoms with van der Waals surface area (Å²) < 4.78 is 5.11. The van der Waals surface area contributed by atoms with Crippen LogP contribution in [0, 0.1) is 0 Å². The summed E-state index contributed by atoms with van der Waals surface area (Å²) in [5, 5.41) is 2.85. The molecule has 0 bridgehead atoms. The van der Waals surface area contributed by atoms with Gasteiger partial charge in [0.15, 0.2) is 5.78 Å². The third-order valence-electron chi connectivity index (χ3n) is 5.33. The summed E-state index contributed by atoms with van der Waals surface area (Å²) in [6, 6.07) is 6.37. The minimum absolute atomic E-state index is 0.0820. The van der Waals surface area contributed by atoms with Gasteiger partial charge in [-0.05, 0) is 49.9 Å². The Kier molecular flexibility index (Phi) is 5.91. The van der Waals surface area contributed by atoms with Gasteiger partial charge in [-0.2, -0.15) is 0 Å². The lowest BCUT2D eigenvalue weighted by atomic mass is 9.95. The first-order valence-corrected chi connectivity index (χ1v) is 9.40. The first-order valence-electron chi connectivity index (χ1n) is 9.40. The lowest BCUT2D eigenvalue weighted by Crippen LogP contribution is -2.50. The van der Waals surface area contributed by atoms with Crippen LogP contribution in [0.25, 0.3) is 0 Å². The Balaban J connectivity index is 1.65. The van der Waals surface area contributed by atoms with Crippen molar-refractivity contribution in [3.63, 3.8) is 0 Å². The number of nitrogens with zero attached hydrogens (tertiary/aromatic N) is 1. The van der Waals surface area contributed by atoms with Crippen molar-refractivity contribution >= 4 is 17.6 Å². The molecule has 2 amide bonds. The second-order valence-corrected chi connectivity index (χ2v) is 7.06. The molecule has 1 aromatic rings. The lowest BCUT2D eigenvalue weighted by molar-refractivity contribution is -0.146. The van der Waals surface area contributed by atoms with Crippen LogP contribution in [0.4, 0.5) is 0 Å². The number of benzene rings is 1. The molecule has 3 rings (SSSR count). The van der Waals surface area contributed by atoms with Crippen LogP contribution in [0.1, 0.15) is 55.3 Å². The summed E-state index contributed by atoms with van der Waals surface area (Å²) in [5.41, 5.74) is 0.531. The standard InChI is InChI=1S/C20H26N2O4/c1-26-16-11-9-14(10-12-16)18(23)17-8-5-13-22(17)20(25)19(24)21-15-6-3-2-4-7-15/h9-12,15,17H,2-8,13H2,1H3,(H,21,24). The molecule has 1 aliphatic carbocycles. The van der Waals surface area contributed by atoms with E-state index in [1.807, 2.05) is 0 Å². The van der Waals surface area contributed by atoms with Crippen molar-refractivity contribution in [2.24, 2.45) is 0 Å². The fraction of sp³-hybridized carbons (Fsp3) is 0.550. The minimum atomic E-state index is -0.583. The molecular weight excluding hydrogens is 332 g/mol. The molecule has 26 heavy (non-hydrogen) atoms. The number of methoxy groups -OCH3 is 1. The molecule has 2 fully saturated rings. The molecule has 1 unspecified atom stereocenters. The number of amides is 2. The molecule has 6 heteroatoms. The van der Waals surface area contributed by atoms with Crippen LogP contribution in [-0.4, -0.2) is 48.2 Å². The highest BCUT2D eigenvalue weighted by atomic mass is 16.5. The largest absolute Gasteiger partial charge is 0.497 e. The van der Waals surface area contributed by atoms with Crippen molar-refractivity contribution in [3.05, 3.63) is 29.8 Å². The van der Waals surface area contributed by atoms with Crippen LogP contribution in [0.2, 0.25) is 0 Å². The summed E-state index contributed by atoms with van der Waals surface area (Å²) in [7, 11) is 1.57. The van der Waals surface area contributed by atoms with E-state index < -0.39 is 17.9 Å². The summed E-state index contributed by atoms with van der Waals surface area (Å²) in [6.45, 7) is 0.448. The molecule has 0 spiro atoms. The summed E-state index contributed by atoms with van der Waals surface area (Å²) in [5.74, 6) is -0.608. The van der Waals surface area contributed by atoms with Gasteiger partial charge in [-0.3, -0.25) is 14.4 Å². The van der Waals surface area contributed by atoms with Crippen LogP contribution in [0.5, 0.6) is 5.75 Å². The minimum Gasteiger partial charge on any atom is -0.497 e. The van der Waals surface area contributed by atoms with Gasteiger partial charge in [0.25, 0.3) is 0 Å². The van der Waals surface area contributed by atoms with Gasteiger partial charge in [-0.25, -0.2) is 0 Å². The van der Waals surface area contributed by atoms with Gasteiger partial charge in [0.1, 0.15) is 5.75 Å². The second kappa shape index (κ2) is 8.34. The van der Waals surface area contributed by atoms with E-state index in [9.17, 15) is 14.4 Å². The topological polar surface area (TPSA) is 75.7 Å². The van der Waals surface area contributed by atoms with E-state index in [-0.39, 0.29) is 11.8 Å². The van der Waals surface area contributed by atoms with E-state index in [0.29, 0.717) is 24.3 Å². The van der Waals surface area contributed by atoms with Crippen LogP contribution < -0.4 is 10.1 Å². The first kappa shape index (κ1) is 18.4. The molecule has 140 valence electrons. The van der Waals surface area contributed by atoms with E-state index in [4.69, 9.17) is 4.74 Å². The molecule has 1 saturated carbocycles. The number of rotatable bonds is 4. The smallest absolute Gasteiger partial charge is 0.312 e. The van der Waals surface area contributed by atoms with Gasteiger partial charge in [-0.15, -0.1) is 0 Å². The van der Waals surface area contributed by atoms with Crippen LogP contribution >= 0.6 is 0 Å². The third kappa shape index (κ3) is 4.06. The molecule has 1 aromatic carbocycles. The van der Waals surface area contributed by atoms with E-state index in [0.717, 1.165) is 32.1 Å². The Morgan fingerprint density at radius 1 is 1.00 bits per heavy atom. The second-order valence-electron chi connectivity index (χ2n) is 7.06. The van der Waals surface area contributed by atoms with Crippen LogP contribution in [-0.2, 0) is 9.59 Å². The van der Waals surface area contributed by atoms with Crippen molar-refractivity contribution in [1.82, 2.24) is 10.2 Å². The molecule has 1 saturated heterocycles. The van der Waals surface area contributed by atoms with E-state index in [2.05, 4.69) is 5.32 Å². The molecule has 1 heterocycles. The van der Waals surface area contributed by atoms with Crippen LogP contribution in [0.15, 0.2) is 24.3 Å². The van der Waals surface area contributed by atoms with Crippen molar-refractivity contribution in [3.8, 4) is 5.75 Å². The van der Waals surface area contributed by atoms with E-state index >= 15 is 0 Å². The normalized spacial score (nSPS) is 20.7. The molecule has 2 aliphatic rings. The molecule has 6 nitrogen and oxygen atoms in total. The highest BCUT2D eigenvalue weighted by Gasteiger charge is 2.37. The summed E-state index contributed by atoms with van der Waals surface area (Å²) >= 11 is 0. The van der Waals surface area contributed by atoms with E-state index in [1.54, 1.807) is 31.4 Å². The molecule has 1 N–H and O–H groups in total. The predicted molar refractivity (Wildman–Crippen MR) is 97.1 cm³/mol. The van der Waals surface area contributed by atoms with Gasteiger partial charge >= 0.3 is 11.8 Å². The summed E-state index contributed by atoms with van der Waals surface area (Å²) in [6.07, 6.45) is 6.52. The molecule has 0 radical (unpaired) electrons. The molecule has 1 atom stereocenters. The number of ketones is 1. The lowest BCUT2D eigenvalue weighted by Gasteiger charge is -2.26. The summed E-state index contributed by atoms with van der Waals surface area (Å²) in [4.78, 5) is 39.2. The SMILES string of the molecule is COc1ccc(C(=O)C2CCCN2C(=O)C(=O)NC2CCCCC2)cc1. The average Bonchev–Trinajstić information content (AvgIpc) is 3.17. The first-order chi connectivity index (χ1) is 12.6.